The van der Waals surface area contributed by atoms with Gasteiger partial charge < -0.3 is 15.0 Å². The number of para-hydroxylation sites is 1. The van der Waals surface area contributed by atoms with Gasteiger partial charge >= 0.3 is 0 Å². The van der Waals surface area contributed by atoms with Crippen molar-refractivity contribution in [1.29, 1.82) is 0 Å². The minimum atomic E-state index is -2.86. The van der Waals surface area contributed by atoms with Crippen molar-refractivity contribution < 1.29 is 13.2 Å². The fourth-order valence-corrected chi connectivity index (χ4v) is 5.42. The third-order valence-electron chi connectivity index (χ3n) is 4.74. The molecule has 0 aromatic heterocycles. The molecule has 0 amide bonds. The van der Waals surface area contributed by atoms with E-state index in [1.807, 2.05) is 31.2 Å². The maximum absolute atomic E-state index is 11.6. The Balaban J connectivity index is 0.00000261. The lowest BCUT2D eigenvalue weighted by molar-refractivity contribution is 0.214. The number of aliphatic imine (C=N–C) groups is 1. The van der Waals surface area contributed by atoms with Crippen LogP contribution in [0.25, 0.3) is 0 Å². The van der Waals surface area contributed by atoms with Crippen molar-refractivity contribution in [2.24, 2.45) is 10.9 Å². The Hall–Kier alpha value is -0.740. The van der Waals surface area contributed by atoms with Gasteiger partial charge in [0.15, 0.2) is 15.8 Å². The summed E-state index contributed by atoms with van der Waals surface area (Å²) in [6, 6.07) is 7.50. The van der Waals surface area contributed by atoms with E-state index in [9.17, 15) is 8.42 Å². The Kier molecular flexibility index (Phi) is 8.48. The Labute approximate surface area is 183 Å². The largest absolute Gasteiger partial charge is 0.487 e. The predicted octanol–water partition coefficient (Wildman–Crippen LogP) is 2.81. The van der Waals surface area contributed by atoms with Crippen molar-refractivity contribution in [3.05, 3.63) is 29.3 Å². The number of benzene rings is 1. The van der Waals surface area contributed by atoms with E-state index in [1.54, 1.807) is 0 Å². The second-order valence-corrected chi connectivity index (χ2v) is 9.50. The molecule has 2 aliphatic heterocycles. The van der Waals surface area contributed by atoms with Crippen LogP contribution in [0, 0.1) is 5.92 Å². The molecule has 2 unspecified atom stereocenters. The zero-order chi connectivity index (χ0) is 18.6. The molecular weight excluding hydrogens is 501 g/mol. The summed E-state index contributed by atoms with van der Waals surface area (Å²) in [7, 11) is -2.86. The molecule has 0 radical (unpaired) electrons. The molecule has 27 heavy (non-hydrogen) atoms. The van der Waals surface area contributed by atoms with Crippen LogP contribution in [0.1, 0.15) is 19.8 Å². The first-order valence-corrected chi connectivity index (χ1v) is 11.3. The number of rotatable bonds is 5. The molecule has 2 heterocycles. The van der Waals surface area contributed by atoms with Gasteiger partial charge in [-0.05, 0) is 31.4 Å². The number of guanidine groups is 1. The average molecular weight is 528 g/mol. The highest BCUT2D eigenvalue weighted by Gasteiger charge is 2.29. The first kappa shape index (κ1) is 22.5. The van der Waals surface area contributed by atoms with Crippen LogP contribution in [0.2, 0.25) is 5.02 Å². The lowest BCUT2D eigenvalue weighted by Gasteiger charge is -2.22. The smallest absolute Gasteiger partial charge is 0.194 e. The SMILES string of the molecule is CCNC(=NCC1CCS(=O)(=O)C1)N1CCC(Oc2ccccc2Cl)C1.I. The van der Waals surface area contributed by atoms with Crippen LogP contribution in [-0.4, -0.2) is 63.1 Å². The van der Waals surface area contributed by atoms with Crippen molar-refractivity contribution in [2.75, 3.05) is 37.7 Å². The van der Waals surface area contributed by atoms with Crippen molar-refractivity contribution >= 4 is 51.4 Å². The predicted molar refractivity (Wildman–Crippen MR) is 120 cm³/mol. The highest BCUT2D eigenvalue weighted by Crippen LogP contribution is 2.26. The van der Waals surface area contributed by atoms with Crippen LogP contribution in [0.4, 0.5) is 0 Å². The summed E-state index contributed by atoms with van der Waals surface area (Å²) < 4.78 is 29.3. The quantitative estimate of drug-likeness (QED) is 0.362. The first-order valence-electron chi connectivity index (χ1n) is 9.11. The zero-order valence-corrected chi connectivity index (χ0v) is 19.3. The molecule has 0 spiro atoms. The van der Waals surface area contributed by atoms with E-state index in [4.69, 9.17) is 16.3 Å². The highest BCUT2D eigenvalue weighted by atomic mass is 127. The second kappa shape index (κ2) is 10.2. The van der Waals surface area contributed by atoms with Gasteiger partial charge in [-0.2, -0.15) is 0 Å². The molecule has 2 atom stereocenters. The molecule has 0 bridgehead atoms. The van der Waals surface area contributed by atoms with Crippen LogP contribution in [0.5, 0.6) is 5.75 Å². The minimum absolute atomic E-state index is 0. The average Bonchev–Trinajstić information content (AvgIpc) is 3.20. The number of hydrogen-bond donors (Lipinski definition) is 1. The molecule has 1 aromatic carbocycles. The molecule has 2 aliphatic rings. The molecule has 152 valence electrons. The molecule has 3 rings (SSSR count). The van der Waals surface area contributed by atoms with Crippen LogP contribution in [0.3, 0.4) is 0 Å². The summed E-state index contributed by atoms with van der Waals surface area (Å²) >= 11 is 6.17. The van der Waals surface area contributed by atoms with E-state index in [0.717, 1.165) is 32.0 Å². The van der Waals surface area contributed by atoms with Gasteiger partial charge in [-0.25, -0.2) is 8.42 Å². The van der Waals surface area contributed by atoms with Crippen LogP contribution in [-0.2, 0) is 9.84 Å². The van der Waals surface area contributed by atoms with E-state index in [2.05, 4.69) is 15.2 Å². The van der Waals surface area contributed by atoms with Gasteiger partial charge in [0.1, 0.15) is 11.9 Å². The number of sulfone groups is 1. The maximum atomic E-state index is 11.6. The number of likely N-dealkylation sites (tertiary alicyclic amines) is 1. The second-order valence-electron chi connectivity index (χ2n) is 6.87. The van der Waals surface area contributed by atoms with Crippen LogP contribution in [0.15, 0.2) is 29.3 Å². The summed E-state index contributed by atoms with van der Waals surface area (Å²) in [5.74, 6) is 2.22. The van der Waals surface area contributed by atoms with E-state index in [1.165, 1.54) is 0 Å². The molecule has 2 fully saturated rings. The van der Waals surface area contributed by atoms with Crippen molar-refractivity contribution in [2.45, 2.75) is 25.9 Å². The lowest BCUT2D eigenvalue weighted by atomic mass is 10.1. The minimum Gasteiger partial charge on any atom is -0.487 e. The van der Waals surface area contributed by atoms with E-state index in [0.29, 0.717) is 29.5 Å². The number of nitrogens with one attached hydrogen (secondary N) is 1. The van der Waals surface area contributed by atoms with Crippen LogP contribution >= 0.6 is 35.6 Å². The van der Waals surface area contributed by atoms with Crippen LogP contribution < -0.4 is 10.1 Å². The maximum Gasteiger partial charge on any atom is 0.194 e. The molecule has 1 aromatic rings. The number of nitrogens with zero attached hydrogens (tertiary/aromatic N) is 2. The normalized spacial score (nSPS) is 24.5. The summed E-state index contributed by atoms with van der Waals surface area (Å²) in [4.78, 5) is 6.86. The molecular formula is C18H27ClIN3O3S. The van der Waals surface area contributed by atoms with Gasteiger partial charge in [-0.1, -0.05) is 23.7 Å². The topological polar surface area (TPSA) is 71.0 Å². The molecule has 0 aliphatic carbocycles. The Morgan fingerprint density at radius 3 is 2.81 bits per heavy atom. The van der Waals surface area contributed by atoms with Crippen molar-refractivity contribution in [3.63, 3.8) is 0 Å². The van der Waals surface area contributed by atoms with Gasteiger partial charge in [-0.15, -0.1) is 24.0 Å². The number of hydrogen-bond acceptors (Lipinski definition) is 4. The number of ether oxygens (including phenoxy) is 1. The summed E-state index contributed by atoms with van der Waals surface area (Å²) in [6.07, 6.45) is 1.67. The lowest BCUT2D eigenvalue weighted by Crippen LogP contribution is -2.41. The van der Waals surface area contributed by atoms with E-state index >= 15 is 0 Å². The third-order valence-corrected chi connectivity index (χ3v) is 6.88. The molecule has 6 nitrogen and oxygen atoms in total. The van der Waals surface area contributed by atoms with E-state index in [-0.39, 0.29) is 41.8 Å². The van der Waals surface area contributed by atoms with Gasteiger partial charge in [0.05, 0.1) is 23.1 Å². The molecule has 0 saturated carbocycles. The number of halogens is 2. The summed E-state index contributed by atoms with van der Waals surface area (Å²) in [6.45, 7) is 4.94. The van der Waals surface area contributed by atoms with E-state index < -0.39 is 9.84 Å². The zero-order valence-electron chi connectivity index (χ0n) is 15.4. The standard InChI is InChI=1S/C18H26ClN3O3S.HI/c1-2-20-18(21-11-14-8-10-26(23,24)13-14)22-9-7-15(12-22)25-17-6-4-3-5-16(17)19;/h3-6,14-15H,2,7-13H2,1H3,(H,20,21);1H. The van der Waals surface area contributed by atoms with Gasteiger partial charge in [0.2, 0.25) is 0 Å². The fraction of sp³-hybridized carbons (Fsp3) is 0.611. The first-order chi connectivity index (χ1) is 12.5. The van der Waals surface area contributed by atoms with Gasteiger partial charge in [-0.3, -0.25) is 4.99 Å². The van der Waals surface area contributed by atoms with Gasteiger partial charge in [0, 0.05) is 26.1 Å². The summed E-state index contributed by atoms with van der Waals surface area (Å²) in [5, 5.41) is 3.93. The highest BCUT2D eigenvalue weighted by molar-refractivity contribution is 14.0. The molecule has 1 N–H and O–H groups in total. The summed E-state index contributed by atoms with van der Waals surface area (Å²) in [5.41, 5.74) is 0. The Bertz CT molecular complexity index is 760. The molecule has 2 saturated heterocycles. The third kappa shape index (κ3) is 6.39. The molecule has 9 heteroatoms. The van der Waals surface area contributed by atoms with Gasteiger partial charge in [0.25, 0.3) is 0 Å². The Morgan fingerprint density at radius 1 is 1.37 bits per heavy atom. The van der Waals surface area contributed by atoms with Crippen molar-refractivity contribution in [1.82, 2.24) is 10.2 Å². The monoisotopic (exact) mass is 527 g/mol. The van der Waals surface area contributed by atoms with Crippen molar-refractivity contribution in [3.8, 4) is 5.75 Å². The Morgan fingerprint density at radius 2 is 2.15 bits per heavy atom. The fourth-order valence-electron chi connectivity index (χ4n) is 3.39.